The van der Waals surface area contributed by atoms with Gasteiger partial charge in [-0.3, -0.25) is 0 Å². The lowest BCUT2D eigenvalue weighted by Gasteiger charge is -2.05. The Hall–Kier alpha value is -2.21. The molecule has 25 heavy (non-hydrogen) atoms. The van der Waals surface area contributed by atoms with Gasteiger partial charge < -0.3 is 11.5 Å². The van der Waals surface area contributed by atoms with E-state index in [9.17, 15) is 0 Å². The van der Waals surface area contributed by atoms with Crippen LogP contribution in [0, 0.1) is 0 Å². The number of nitrogens with zero attached hydrogens (tertiary/aromatic N) is 3. The van der Waals surface area contributed by atoms with Gasteiger partial charge in [0, 0.05) is 38.1 Å². The number of para-hydroxylation sites is 2. The highest BCUT2D eigenvalue weighted by molar-refractivity contribution is 6.39. The highest BCUT2D eigenvalue weighted by Gasteiger charge is 2.21. The minimum atomic E-state index is 0.829. The van der Waals surface area contributed by atoms with Crippen molar-refractivity contribution in [2.45, 2.75) is 0 Å². The van der Waals surface area contributed by atoms with Crippen molar-refractivity contribution in [2.75, 3.05) is 0 Å². The van der Waals surface area contributed by atoms with E-state index in [-0.39, 0.29) is 0 Å². The molecular formula is C19H9Al2N3O. The summed E-state index contributed by atoms with van der Waals surface area (Å²) >= 11 is 5.68. The van der Waals surface area contributed by atoms with Crippen molar-refractivity contribution in [2.24, 2.45) is 0 Å². The maximum atomic E-state index is 5.85. The van der Waals surface area contributed by atoms with Crippen LogP contribution in [0.3, 0.4) is 0 Å². The second-order valence-corrected chi connectivity index (χ2v) is 7.28. The Labute approximate surface area is 158 Å². The first kappa shape index (κ1) is 14.0. The molecule has 0 saturated heterocycles. The highest BCUT2D eigenvalue weighted by Crippen LogP contribution is 2.43. The van der Waals surface area contributed by atoms with Gasteiger partial charge in [0.1, 0.15) is 5.52 Å². The molecule has 3 heterocycles. The summed E-state index contributed by atoms with van der Waals surface area (Å²) in [7, 11) is 0. The van der Waals surface area contributed by atoms with Crippen LogP contribution in [-0.2, 0) is 0 Å². The van der Waals surface area contributed by atoms with E-state index >= 15 is 0 Å². The summed E-state index contributed by atoms with van der Waals surface area (Å²) < 4.78 is 10.2. The van der Waals surface area contributed by atoms with Crippen LogP contribution < -0.4 is 0 Å². The van der Waals surface area contributed by atoms with Gasteiger partial charge in [0.25, 0.3) is 0 Å². The van der Waals surface area contributed by atoms with Crippen molar-refractivity contribution in [1.29, 1.82) is 0 Å². The van der Waals surface area contributed by atoms with Gasteiger partial charge in [0.05, 0.1) is 5.52 Å². The number of hydrogen-bond donors (Lipinski definition) is 0. The molecule has 0 amide bonds. The predicted octanol–water partition coefficient (Wildman–Crippen LogP) is 3.91. The van der Waals surface area contributed by atoms with E-state index in [4.69, 9.17) is 4.42 Å². The Morgan fingerprint density at radius 3 is 2.08 bits per heavy atom. The lowest BCUT2D eigenvalue weighted by Crippen LogP contribution is -1.93. The van der Waals surface area contributed by atoms with Crippen molar-refractivity contribution < 1.29 is 4.42 Å². The molecule has 6 heteroatoms. The largest absolute Gasteiger partial charge is 0.451 e. The van der Waals surface area contributed by atoms with Crippen molar-refractivity contribution in [3.05, 3.63) is 54.9 Å². The number of rotatable bonds is 0. The molecular weight excluding hydrogens is 340 g/mol. The zero-order chi connectivity index (χ0) is 16.7. The predicted molar refractivity (Wildman–Crippen MR) is 102 cm³/mol. The lowest BCUT2D eigenvalue weighted by atomic mass is 10.1. The van der Waals surface area contributed by atoms with Crippen molar-refractivity contribution in [1.82, 2.24) is 12.1 Å². The van der Waals surface area contributed by atoms with Crippen LogP contribution in [0.1, 0.15) is 0 Å². The molecule has 112 valence electrons. The molecule has 0 aliphatic heterocycles. The summed E-state index contributed by atoms with van der Waals surface area (Å²) in [5.41, 5.74) is 6.28. The fourth-order valence-corrected chi connectivity index (χ4v) is 5.02. The molecule has 3 aromatic heterocycles. The van der Waals surface area contributed by atoms with E-state index < -0.39 is 0 Å². The molecule has 0 bridgehead atoms. The molecule has 0 aliphatic carbocycles. The molecule has 6 rings (SSSR count). The van der Waals surface area contributed by atoms with Crippen molar-refractivity contribution in [3.63, 3.8) is 0 Å². The monoisotopic (exact) mass is 349 g/mol. The number of oxazole rings is 1. The molecule has 4 nitrogen and oxygen atoms in total. The average molecular weight is 349 g/mol. The summed E-state index contributed by atoms with van der Waals surface area (Å²) in [6.07, 6.45) is 1.54. The zero-order valence-electron chi connectivity index (χ0n) is 13.1. The maximum absolute atomic E-state index is 5.85. The highest BCUT2D eigenvalue weighted by atomic mass is 27.1. The van der Waals surface area contributed by atoms with Crippen LogP contribution in [0.4, 0.5) is 0 Å². The van der Waals surface area contributed by atoms with E-state index in [0.717, 1.165) is 27.5 Å². The van der Waals surface area contributed by atoms with Crippen LogP contribution in [0.15, 0.2) is 59.3 Å². The van der Waals surface area contributed by atoms with Crippen molar-refractivity contribution in [3.8, 4) is 0 Å². The van der Waals surface area contributed by atoms with Crippen LogP contribution in [0.25, 0.3) is 54.7 Å². The Morgan fingerprint density at radius 2 is 1.36 bits per heavy atom. The Balaban J connectivity index is 2.14. The first-order valence-corrected chi connectivity index (χ1v) is 9.02. The molecule has 0 spiro atoms. The molecule has 0 aliphatic rings. The first-order chi connectivity index (χ1) is 12.3. The molecule has 6 aromatic rings. The second kappa shape index (κ2) is 4.70. The number of aromatic nitrogens is 3. The summed E-state index contributed by atoms with van der Waals surface area (Å²) in [6.45, 7) is 0. The topological polar surface area (TPSA) is 35.9 Å². The second-order valence-electron chi connectivity index (χ2n) is 6.25. The fourth-order valence-electron chi connectivity index (χ4n) is 4.07. The summed E-state index contributed by atoms with van der Waals surface area (Å²) in [5.74, 6) is 0. The van der Waals surface area contributed by atoms with Gasteiger partial charge >= 0.3 is 33.0 Å². The van der Waals surface area contributed by atoms with E-state index in [1.165, 1.54) is 27.2 Å². The number of benzene rings is 3. The third kappa shape index (κ3) is 1.57. The normalized spacial score (nSPS) is 12.3. The number of fused-ring (bicyclic) bond motifs is 10. The summed E-state index contributed by atoms with van der Waals surface area (Å²) in [6, 6.07) is 16.9. The van der Waals surface area contributed by atoms with Gasteiger partial charge in [-0.2, -0.15) is 0 Å². The van der Waals surface area contributed by atoms with E-state index in [0.29, 0.717) is 0 Å². The molecule has 4 radical (unpaired) electrons. The molecule has 0 unspecified atom stereocenters. The smallest absolute Gasteiger partial charge is 0.318 e. The van der Waals surface area contributed by atoms with Gasteiger partial charge in [-0.15, -0.1) is 0 Å². The standard InChI is InChI=1S/C19H9N3O.2Al/c1-3-7-12-10(5-1)14-16(21-12)15-11-6-2-4-8-13(11)22-18(15)19-17(14)20-9-23-19;;/h1-9H;;/q-2;2*+1. The Morgan fingerprint density at radius 1 is 0.760 bits per heavy atom. The molecule has 3 aromatic carbocycles. The quantitative estimate of drug-likeness (QED) is 0.390. The molecule has 0 atom stereocenters. The Kier molecular flexibility index (Phi) is 2.63. The number of hydrogen-bond acceptors (Lipinski definition) is 2. The SMILES string of the molecule is [Al][n]1c2ccccc2c2c1c1ocnc1c1c3ccccc3[n]([Al])c12. The van der Waals surface area contributed by atoms with Crippen LogP contribution >= 0.6 is 0 Å². The van der Waals surface area contributed by atoms with Crippen LogP contribution in [0.5, 0.6) is 0 Å². The van der Waals surface area contributed by atoms with E-state index in [2.05, 4.69) is 93.6 Å². The minimum absolute atomic E-state index is 0.829. The molecule has 0 N–H and O–H groups in total. The van der Waals surface area contributed by atoms with E-state index in [1.54, 1.807) is 6.39 Å². The van der Waals surface area contributed by atoms with Crippen molar-refractivity contribution >= 4 is 87.7 Å². The zero-order valence-corrected chi connectivity index (χ0v) is 15.4. The lowest BCUT2D eigenvalue weighted by molar-refractivity contribution is 0.604. The minimum Gasteiger partial charge on any atom is -0.451 e. The first-order valence-electron chi connectivity index (χ1n) is 7.99. The third-order valence-electron chi connectivity index (χ3n) is 5.08. The van der Waals surface area contributed by atoms with Crippen LogP contribution in [-0.4, -0.2) is 45.1 Å². The van der Waals surface area contributed by atoms with Gasteiger partial charge in [0.2, 0.25) is 0 Å². The molecule has 0 saturated carbocycles. The average Bonchev–Trinajstić information content (AvgIpc) is 3.31. The molecule has 0 fully saturated rings. The van der Waals surface area contributed by atoms with Crippen LogP contribution in [0.2, 0.25) is 0 Å². The van der Waals surface area contributed by atoms with E-state index in [1.807, 2.05) is 0 Å². The maximum Gasteiger partial charge on any atom is 0.318 e. The summed E-state index contributed by atoms with van der Waals surface area (Å²) in [4.78, 5) is 4.56. The Bertz CT molecular complexity index is 1470. The van der Waals surface area contributed by atoms with Gasteiger partial charge in [-0.05, 0) is 12.1 Å². The summed E-state index contributed by atoms with van der Waals surface area (Å²) in [5, 5.41) is 4.73. The fraction of sp³-hybridized carbons (Fsp3) is 0. The van der Waals surface area contributed by atoms with Gasteiger partial charge in [0.15, 0.2) is 12.0 Å². The van der Waals surface area contributed by atoms with Gasteiger partial charge in [-0.1, -0.05) is 36.4 Å². The van der Waals surface area contributed by atoms with Gasteiger partial charge in [-0.25, -0.2) is 4.98 Å². The third-order valence-corrected chi connectivity index (χ3v) is 6.15.